The van der Waals surface area contributed by atoms with Gasteiger partial charge in [-0.25, -0.2) is 9.97 Å². The lowest BCUT2D eigenvalue weighted by atomic mass is 10.1. The zero-order chi connectivity index (χ0) is 18.3. The number of rotatable bonds is 3. The van der Waals surface area contributed by atoms with E-state index in [4.69, 9.17) is 0 Å². The molecule has 0 saturated carbocycles. The van der Waals surface area contributed by atoms with Crippen molar-refractivity contribution in [2.24, 2.45) is 7.05 Å². The fraction of sp³-hybridized carbons (Fsp3) is 0.158. The van der Waals surface area contributed by atoms with Gasteiger partial charge in [0.25, 0.3) is 5.91 Å². The minimum Gasteiger partial charge on any atom is -0.298 e. The van der Waals surface area contributed by atoms with Crippen molar-refractivity contribution < 1.29 is 4.79 Å². The maximum absolute atomic E-state index is 12.6. The van der Waals surface area contributed by atoms with Crippen LogP contribution in [-0.2, 0) is 7.05 Å². The fourth-order valence-electron chi connectivity index (χ4n) is 2.92. The Hall–Kier alpha value is -3.06. The topological polar surface area (TPSA) is 72.7 Å². The van der Waals surface area contributed by atoms with E-state index in [0.29, 0.717) is 10.7 Å². The second-order valence-electron chi connectivity index (χ2n) is 6.11. The monoisotopic (exact) mass is 363 g/mol. The van der Waals surface area contributed by atoms with E-state index in [2.05, 4.69) is 20.4 Å². The lowest BCUT2D eigenvalue weighted by molar-refractivity contribution is 0.102. The van der Waals surface area contributed by atoms with Crippen molar-refractivity contribution in [3.8, 4) is 11.3 Å². The van der Waals surface area contributed by atoms with E-state index in [9.17, 15) is 4.79 Å². The molecule has 0 aliphatic rings. The van der Waals surface area contributed by atoms with Gasteiger partial charge in [0.1, 0.15) is 0 Å². The van der Waals surface area contributed by atoms with Crippen molar-refractivity contribution >= 4 is 33.4 Å². The molecule has 4 aromatic rings. The number of thiazole rings is 1. The lowest BCUT2D eigenvalue weighted by Crippen LogP contribution is -2.12. The largest absolute Gasteiger partial charge is 0.298 e. The highest BCUT2D eigenvalue weighted by atomic mass is 32.1. The Kier molecular flexibility index (Phi) is 4.00. The van der Waals surface area contributed by atoms with Crippen LogP contribution in [-0.4, -0.2) is 25.7 Å². The second kappa shape index (κ2) is 6.34. The summed E-state index contributed by atoms with van der Waals surface area (Å²) in [6.45, 7) is 3.95. The number of benzene rings is 1. The molecule has 0 spiro atoms. The van der Waals surface area contributed by atoms with Crippen LogP contribution in [0.4, 0.5) is 5.13 Å². The molecular weight excluding hydrogens is 346 g/mol. The van der Waals surface area contributed by atoms with Crippen LogP contribution in [0.15, 0.2) is 41.9 Å². The van der Waals surface area contributed by atoms with Crippen molar-refractivity contribution in [1.82, 2.24) is 19.7 Å². The van der Waals surface area contributed by atoms with Gasteiger partial charge < -0.3 is 0 Å². The first-order chi connectivity index (χ1) is 12.5. The van der Waals surface area contributed by atoms with Gasteiger partial charge >= 0.3 is 0 Å². The fourth-order valence-corrected chi connectivity index (χ4v) is 3.62. The van der Waals surface area contributed by atoms with Gasteiger partial charge in [-0.05, 0) is 25.5 Å². The molecule has 1 amide bonds. The number of hydrogen-bond acceptors (Lipinski definition) is 5. The molecule has 0 radical (unpaired) electrons. The van der Waals surface area contributed by atoms with E-state index in [0.717, 1.165) is 33.5 Å². The molecule has 0 bridgehead atoms. The Labute approximate surface area is 154 Å². The van der Waals surface area contributed by atoms with Crippen LogP contribution < -0.4 is 5.32 Å². The van der Waals surface area contributed by atoms with E-state index < -0.39 is 0 Å². The Balaban J connectivity index is 1.59. The summed E-state index contributed by atoms with van der Waals surface area (Å²) in [7, 11) is 1.84. The van der Waals surface area contributed by atoms with E-state index in [-0.39, 0.29) is 5.91 Å². The number of aromatic nitrogens is 4. The minimum absolute atomic E-state index is 0.228. The highest BCUT2D eigenvalue weighted by Gasteiger charge is 2.14. The van der Waals surface area contributed by atoms with Gasteiger partial charge in [0.15, 0.2) is 10.8 Å². The van der Waals surface area contributed by atoms with Crippen molar-refractivity contribution in [3.05, 3.63) is 58.7 Å². The minimum atomic E-state index is -0.228. The molecule has 0 unspecified atom stereocenters. The van der Waals surface area contributed by atoms with Crippen LogP contribution in [0.25, 0.3) is 22.3 Å². The van der Waals surface area contributed by atoms with E-state index in [1.807, 2.05) is 56.6 Å². The van der Waals surface area contributed by atoms with Crippen molar-refractivity contribution in [1.29, 1.82) is 0 Å². The number of amides is 1. The molecule has 7 heteroatoms. The third-order valence-corrected chi connectivity index (χ3v) is 5.03. The van der Waals surface area contributed by atoms with Crippen LogP contribution in [0.5, 0.6) is 0 Å². The summed E-state index contributed by atoms with van der Waals surface area (Å²) in [4.78, 5) is 21.5. The Morgan fingerprint density at radius 3 is 2.85 bits per heavy atom. The Morgan fingerprint density at radius 2 is 2.04 bits per heavy atom. The third-order valence-electron chi connectivity index (χ3n) is 4.27. The Bertz CT molecular complexity index is 1130. The van der Waals surface area contributed by atoms with Crippen molar-refractivity contribution in [2.75, 3.05) is 5.32 Å². The number of anilines is 1. The van der Waals surface area contributed by atoms with Gasteiger partial charge in [0, 0.05) is 29.6 Å². The average molecular weight is 363 g/mol. The summed E-state index contributed by atoms with van der Waals surface area (Å²) >= 11 is 1.41. The number of carbonyl (C=O) groups is 1. The van der Waals surface area contributed by atoms with Gasteiger partial charge in [0.2, 0.25) is 0 Å². The van der Waals surface area contributed by atoms with Gasteiger partial charge in [0.05, 0.1) is 17.0 Å². The molecule has 6 nitrogen and oxygen atoms in total. The molecule has 3 heterocycles. The first-order valence-corrected chi connectivity index (χ1v) is 9.03. The summed E-state index contributed by atoms with van der Waals surface area (Å²) < 4.78 is 1.71. The molecule has 3 aromatic heterocycles. The number of carbonyl (C=O) groups excluding carboxylic acids is 1. The van der Waals surface area contributed by atoms with Crippen LogP contribution in [0.1, 0.15) is 21.6 Å². The lowest BCUT2D eigenvalue weighted by Gasteiger charge is -2.03. The first-order valence-electron chi connectivity index (χ1n) is 8.15. The van der Waals surface area contributed by atoms with Crippen LogP contribution in [0.2, 0.25) is 0 Å². The first kappa shape index (κ1) is 16.4. The number of fused-ring (bicyclic) bond motifs is 1. The van der Waals surface area contributed by atoms with Crippen molar-refractivity contribution in [3.63, 3.8) is 0 Å². The number of hydrogen-bond donors (Lipinski definition) is 1. The summed E-state index contributed by atoms with van der Waals surface area (Å²) in [6.07, 6.45) is 1.56. The van der Waals surface area contributed by atoms with E-state index in [1.54, 1.807) is 10.9 Å². The molecule has 1 aromatic carbocycles. The zero-order valence-electron chi connectivity index (χ0n) is 14.6. The maximum Gasteiger partial charge on any atom is 0.259 e. The molecule has 130 valence electrons. The zero-order valence-corrected chi connectivity index (χ0v) is 15.5. The summed E-state index contributed by atoms with van der Waals surface area (Å²) in [6, 6.07) is 9.87. The average Bonchev–Trinajstić information content (AvgIpc) is 3.20. The van der Waals surface area contributed by atoms with Crippen molar-refractivity contribution in [2.45, 2.75) is 13.8 Å². The van der Waals surface area contributed by atoms with E-state index in [1.165, 1.54) is 11.3 Å². The molecule has 1 N–H and O–H groups in total. The quantitative estimate of drug-likeness (QED) is 0.598. The summed E-state index contributed by atoms with van der Waals surface area (Å²) in [5.74, 6) is -0.228. The number of aryl methyl sites for hydroxylation is 3. The normalized spacial score (nSPS) is 11.0. The molecule has 0 saturated heterocycles. The summed E-state index contributed by atoms with van der Waals surface area (Å²) in [5, 5.41) is 10.6. The SMILES string of the molecule is Cc1ccccc1-c1csc(NC(=O)c2cnc3c(c2)c(C)nn3C)n1. The predicted molar refractivity (Wildman–Crippen MR) is 103 cm³/mol. The number of nitrogens with one attached hydrogen (secondary N) is 1. The molecule has 0 aliphatic carbocycles. The molecule has 26 heavy (non-hydrogen) atoms. The van der Waals surface area contributed by atoms with Gasteiger partial charge in [-0.2, -0.15) is 5.10 Å². The van der Waals surface area contributed by atoms with Gasteiger partial charge in [-0.3, -0.25) is 14.8 Å². The third kappa shape index (κ3) is 2.86. The second-order valence-corrected chi connectivity index (χ2v) is 6.97. The Morgan fingerprint density at radius 1 is 1.23 bits per heavy atom. The standard InChI is InChI=1S/C19H17N5OS/c1-11-6-4-5-7-14(11)16-10-26-19(21-16)22-18(25)13-8-15-12(2)23-24(3)17(15)20-9-13/h4-10H,1-3H3,(H,21,22,25). The molecule has 0 atom stereocenters. The number of pyridine rings is 1. The highest BCUT2D eigenvalue weighted by Crippen LogP contribution is 2.27. The van der Waals surface area contributed by atoms with Gasteiger partial charge in [-0.15, -0.1) is 11.3 Å². The highest BCUT2D eigenvalue weighted by molar-refractivity contribution is 7.14. The van der Waals surface area contributed by atoms with Crippen LogP contribution in [0, 0.1) is 13.8 Å². The smallest absolute Gasteiger partial charge is 0.259 e. The number of nitrogens with zero attached hydrogens (tertiary/aromatic N) is 4. The van der Waals surface area contributed by atoms with Crippen LogP contribution >= 0.6 is 11.3 Å². The maximum atomic E-state index is 12.6. The van der Waals surface area contributed by atoms with Gasteiger partial charge in [-0.1, -0.05) is 24.3 Å². The summed E-state index contributed by atoms with van der Waals surface area (Å²) in [5.41, 5.74) is 5.17. The molecule has 0 aliphatic heterocycles. The van der Waals surface area contributed by atoms with E-state index >= 15 is 0 Å². The molecule has 4 rings (SSSR count). The van der Waals surface area contributed by atoms with Crippen LogP contribution in [0.3, 0.4) is 0 Å². The molecular formula is C19H17N5OS. The predicted octanol–water partition coefficient (Wildman–Crippen LogP) is 3.96. The molecule has 0 fully saturated rings.